The van der Waals surface area contributed by atoms with Crippen molar-refractivity contribution in [3.63, 3.8) is 0 Å². The summed E-state index contributed by atoms with van der Waals surface area (Å²) in [4.78, 5) is 41.4. The van der Waals surface area contributed by atoms with Crippen LogP contribution < -0.4 is 0 Å². The molecular formula is C26H38N2O5. The van der Waals surface area contributed by atoms with E-state index in [2.05, 4.69) is 6.92 Å². The molecule has 33 heavy (non-hydrogen) atoms. The molecule has 2 atom stereocenters. The van der Waals surface area contributed by atoms with Gasteiger partial charge in [-0.05, 0) is 64.4 Å². The average Bonchev–Trinajstić information content (AvgIpc) is 3.12. The summed E-state index contributed by atoms with van der Waals surface area (Å²) in [5.41, 5.74) is 0.577. The summed E-state index contributed by atoms with van der Waals surface area (Å²) < 4.78 is 10.8. The molecule has 0 N–H and O–H groups in total. The third-order valence-electron chi connectivity index (χ3n) is 6.38. The Morgan fingerprint density at radius 1 is 1.15 bits per heavy atom. The van der Waals surface area contributed by atoms with Gasteiger partial charge in [-0.1, -0.05) is 43.7 Å². The number of cyclic esters (lactones) is 1. The van der Waals surface area contributed by atoms with Crippen LogP contribution in [0.15, 0.2) is 30.3 Å². The molecule has 0 radical (unpaired) electrons. The normalized spacial score (nSPS) is 20.5. The summed E-state index contributed by atoms with van der Waals surface area (Å²) in [7, 11) is 0. The standard InChI is InChI=1S/C26H38N2O5/c1-5-9-21(16-20-12-14-27(15-13-20)24(30)33-26(2,3)4)23(29)28-22(18-32-25(28)31)17-19-10-7-6-8-11-19/h6-8,10-11,20-22H,5,9,12-18H2,1-4H3/t21-,22+/m0/s1. The first-order chi connectivity index (χ1) is 15.7. The number of benzene rings is 1. The van der Waals surface area contributed by atoms with Crippen LogP contribution in [0.5, 0.6) is 0 Å². The van der Waals surface area contributed by atoms with Gasteiger partial charge < -0.3 is 14.4 Å². The van der Waals surface area contributed by atoms with Gasteiger partial charge in [-0.15, -0.1) is 0 Å². The van der Waals surface area contributed by atoms with Crippen LogP contribution in [0.3, 0.4) is 0 Å². The minimum atomic E-state index is -0.526. The molecule has 7 nitrogen and oxygen atoms in total. The number of ether oxygens (including phenoxy) is 2. The lowest BCUT2D eigenvalue weighted by atomic mass is 9.84. The van der Waals surface area contributed by atoms with Gasteiger partial charge in [-0.2, -0.15) is 0 Å². The number of imide groups is 1. The summed E-state index contributed by atoms with van der Waals surface area (Å²) in [5.74, 6) is 0.0160. The van der Waals surface area contributed by atoms with Crippen LogP contribution in [0.25, 0.3) is 0 Å². The van der Waals surface area contributed by atoms with E-state index in [1.807, 2.05) is 51.1 Å². The zero-order valence-electron chi connectivity index (χ0n) is 20.4. The van der Waals surface area contributed by atoms with E-state index in [-0.39, 0.29) is 30.6 Å². The molecule has 1 aromatic rings. The summed E-state index contributed by atoms with van der Waals surface area (Å²) in [6.45, 7) is 9.18. The van der Waals surface area contributed by atoms with Crippen molar-refractivity contribution in [2.45, 2.75) is 77.9 Å². The first-order valence-electron chi connectivity index (χ1n) is 12.2. The maximum Gasteiger partial charge on any atom is 0.416 e. The Labute approximate surface area is 197 Å². The third-order valence-corrected chi connectivity index (χ3v) is 6.38. The second-order valence-corrected chi connectivity index (χ2v) is 10.3. The van der Waals surface area contributed by atoms with Crippen molar-refractivity contribution in [2.24, 2.45) is 11.8 Å². The van der Waals surface area contributed by atoms with Crippen LogP contribution in [0, 0.1) is 11.8 Å². The number of rotatable bonds is 7. The van der Waals surface area contributed by atoms with E-state index in [1.54, 1.807) is 4.90 Å². The van der Waals surface area contributed by atoms with Crippen molar-refractivity contribution >= 4 is 18.1 Å². The van der Waals surface area contributed by atoms with Crippen molar-refractivity contribution in [3.05, 3.63) is 35.9 Å². The van der Waals surface area contributed by atoms with Gasteiger partial charge in [0.25, 0.3) is 0 Å². The van der Waals surface area contributed by atoms with Gasteiger partial charge in [-0.25, -0.2) is 14.5 Å². The largest absolute Gasteiger partial charge is 0.447 e. The van der Waals surface area contributed by atoms with Gasteiger partial charge in [0.2, 0.25) is 5.91 Å². The molecule has 2 heterocycles. The lowest BCUT2D eigenvalue weighted by molar-refractivity contribution is -0.134. The molecular weight excluding hydrogens is 420 g/mol. The Bertz CT molecular complexity index is 812. The van der Waals surface area contributed by atoms with Gasteiger partial charge >= 0.3 is 12.2 Å². The molecule has 2 aliphatic heterocycles. The highest BCUT2D eigenvalue weighted by molar-refractivity contribution is 5.94. The Morgan fingerprint density at radius 3 is 2.42 bits per heavy atom. The van der Waals surface area contributed by atoms with Crippen LogP contribution in [0.2, 0.25) is 0 Å². The van der Waals surface area contributed by atoms with Crippen molar-refractivity contribution in [3.8, 4) is 0 Å². The van der Waals surface area contributed by atoms with Crippen LogP contribution in [-0.2, 0) is 20.7 Å². The van der Waals surface area contributed by atoms with E-state index >= 15 is 0 Å². The van der Waals surface area contributed by atoms with E-state index in [9.17, 15) is 14.4 Å². The summed E-state index contributed by atoms with van der Waals surface area (Å²) in [6.07, 6.45) is 3.83. The molecule has 0 saturated carbocycles. The predicted molar refractivity (Wildman–Crippen MR) is 126 cm³/mol. The third kappa shape index (κ3) is 6.95. The maximum absolute atomic E-state index is 13.5. The maximum atomic E-state index is 13.5. The number of likely N-dealkylation sites (tertiary alicyclic amines) is 1. The topological polar surface area (TPSA) is 76.2 Å². The molecule has 0 aliphatic carbocycles. The highest BCUT2D eigenvalue weighted by atomic mass is 16.6. The lowest BCUT2D eigenvalue weighted by Crippen LogP contribution is -2.45. The molecule has 0 spiro atoms. The predicted octanol–water partition coefficient (Wildman–Crippen LogP) is 5.03. The number of amides is 3. The molecule has 3 rings (SSSR count). The fourth-order valence-electron chi connectivity index (χ4n) is 4.73. The molecule has 0 bridgehead atoms. The number of piperidine rings is 1. The van der Waals surface area contributed by atoms with Gasteiger partial charge in [-0.3, -0.25) is 4.79 Å². The lowest BCUT2D eigenvalue weighted by Gasteiger charge is -2.35. The van der Waals surface area contributed by atoms with Gasteiger partial charge in [0.05, 0.1) is 6.04 Å². The molecule has 0 aromatic heterocycles. The van der Waals surface area contributed by atoms with Crippen LogP contribution >= 0.6 is 0 Å². The van der Waals surface area contributed by atoms with Crippen molar-refractivity contribution < 1.29 is 23.9 Å². The van der Waals surface area contributed by atoms with Gasteiger partial charge in [0.1, 0.15) is 12.2 Å². The Hall–Kier alpha value is -2.57. The van der Waals surface area contributed by atoms with Crippen LogP contribution in [0.1, 0.15) is 65.4 Å². The highest BCUT2D eigenvalue weighted by Gasteiger charge is 2.41. The fraction of sp³-hybridized carbons (Fsp3) is 0.654. The second-order valence-electron chi connectivity index (χ2n) is 10.3. The van der Waals surface area contributed by atoms with Crippen LogP contribution in [-0.4, -0.2) is 59.2 Å². The van der Waals surface area contributed by atoms with Crippen LogP contribution in [0.4, 0.5) is 9.59 Å². The number of carbonyl (C=O) groups is 3. The number of nitrogens with zero attached hydrogens (tertiary/aromatic N) is 2. The molecule has 2 saturated heterocycles. The minimum Gasteiger partial charge on any atom is -0.447 e. The van der Waals surface area contributed by atoms with Crippen molar-refractivity contribution in [2.75, 3.05) is 19.7 Å². The van der Waals surface area contributed by atoms with E-state index in [4.69, 9.17) is 9.47 Å². The quantitative estimate of drug-likeness (QED) is 0.573. The molecule has 1 aromatic carbocycles. The molecule has 7 heteroatoms. The zero-order chi connectivity index (χ0) is 24.0. The first-order valence-corrected chi connectivity index (χ1v) is 12.2. The highest BCUT2D eigenvalue weighted by Crippen LogP contribution is 2.30. The molecule has 0 unspecified atom stereocenters. The number of hydrogen-bond donors (Lipinski definition) is 0. The minimum absolute atomic E-state index is 0.116. The molecule has 2 aliphatic rings. The number of carbonyl (C=O) groups excluding carboxylic acids is 3. The summed E-state index contributed by atoms with van der Waals surface area (Å²) in [5, 5.41) is 0. The Morgan fingerprint density at radius 2 is 1.82 bits per heavy atom. The van der Waals surface area contributed by atoms with E-state index in [0.717, 1.165) is 37.7 Å². The zero-order valence-corrected chi connectivity index (χ0v) is 20.4. The molecule has 2 fully saturated rings. The van der Waals surface area contributed by atoms with E-state index < -0.39 is 11.7 Å². The van der Waals surface area contributed by atoms with Crippen molar-refractivity contribution in [1.29, 1.82) is 0 Å². The SMILES string of the molecule is CCC[C@@H](CC1CCN(C(=O)OC(C)(C)C)CC1)C(=O)N1C(=O)OC[C@H]1Cc1ccccc1. The van der Waals surface area contributed by atoms with Gasteiger partial charge in [0, 0.05) is 19.0 Å². The van der Waals surface area contributed by atoms with Crippen molar-refractivity contribution in [1.82, 2.24) is 9.80 Å². The van der Waals surface area contributed by atoms with E-state index in [1.165, 1.54) is 4.90 Å². The monoisotopic (exact) mass is 458 g/mol. The average molecular weight is 459 g/mol. The Kier molecular flexibility index (Phi) is 8.38. The molecule has 182 valence electrons. The van der Waals surface area contributed by atoms with E-state index in [0.29, 0.717) is 25.4 Å². The molecule has 3 amide bonds. The fourth-order valence-corrected chi connectivity index (χ4v) is 4.73. The Balaban J connectivity index is 1.59. The first kappa shape index (κ1) is 25.1. The summed E-state index contributed by atoms with van der Waals surface area (Å²) >= 11 is 0. The van der Waals surface area contributed by atoms with Gasteiger partial charge in [0.15, 0.2) is 0 Å². The second kappa shape index (κ2) is 11.0. The smallest absolute Gasteiger partial charge is 0.416 e. The number of hydrogen-bond acceptors (Lipinski definition) is 5. The summed E-state index contributed by atoms with van der Waals surface area (Å²) in [6, 6.07) is 9.63.